The van der Waals surface area contributed by atoms with E-state index >= 15 is 0 Å². The van der Waals surface area contributed by atoms with Gasteiger partial charge in [0.1, 0.15) is 0 Å². The first-order valence-corrected chi connectivity index (χ1v) is 2.45. The van der Waals surface area contributed by atoms with Crippen molar-refractivity contribution in [1.29, 1.82) is 5.26 Å². The third-order valence-electron chi connectivity index (χ3n) is 1.08. The van der Waals surface area contributed by atoms with Crippen molar-refractivity contribution in [3.63, 3.8) is 0 Å². The summed E-state index contributed by atoms with van der Waals surface area (Å²) in [5, 5.41) is 16.6. The Labute approximate surface area is 49.1 Å². The van der Waals surface area contributed by atoms with E-state index in [0.29, 0.717) is 0 Å². The van der Waals surface area contributed by atoms with Gasteiger partial charge >= 0.3 is 0 Å². The SMILES string of the molecule is CC(CO)N(C)C#N. The van der Waals surface area contributed by atoms with Gasteiger partial charge in [-0.05, 0) is 6.92 Å². The zero-order chi connectivity index (χ0) is 6.57. The van der Waals surface area contributed by atoms with Crippen LogP contribution in [0.2, 0.25) is 0 Å². The van der Waals surface area contributed by atoms with Crippen LogP contribution in [0.1, 0.15) is 6.92 Å². The van der Waals surface area contributed by atoms with Gasteiger partial charge in [-0.3, -0.25) is 0 Å². The molecule has 0 rings (SSSR count). The summed E-state index contributed by atoms with van der Waals surface area (Å²) in [4.78, 5) is 1.40. The molecule has 0 saturated heterocycles. The van der Waals surface area contributed by atoms with Crippen molar-refractivity contribution in [3.8, 4) is 6.19 Å². The summed E-state index contributed by atoms with van der Waals surface area (Å²) in [5.74, 6) is 0. The van der Waals surface area contributed by atoms with E-state index in [0.717, 1.165) is 0 Å². The van der Waals surface area contributed by atoms with Crippen LogP contribution >= 0.6 is 0 Å². The third kappa shape index (κ3) is 1.80. The number of nitriles is 1. The highest BCUT2D eigenvalue weighted by Gasteiger charge is 2.02. The van der Waals surface area contributed by atoms with E-state index in [1.165, 1.54) is 4.90 Å². The van der Waals surface area contributed by atoms with E-state index in [9.17, 15) is 0 Å². The smallest absolute Gasteiger partial charge is 0.179 e. The van der Waals surface area contributed by atoms with Crippen LogP contribution in [-0.4, -0.2) is 29.7 Å². The minimum Gasteiger partial charge on any atom is -0.394 e. The van der Waals surface area contributed by atoms with Crippen molar-refractivity contribution in [2.24, 2.45) is 0 Å². The number of hydrogen-bond acceptors (Lipinski definition) is 3. The maximum atomic E-state index is 8.44. The van der Waals surface area contributed by atoms with Gasteiger partial charge in [0.2, 0.25) is 0 Å². The molecule has 0 aromatic heterocycles. The van der Waals surface area contributed by atoms with Crippen LogP contribution < -0.4 is 0 Å². The van der Waals surface area contributed by atoms with E-state index in [2.05, 4.69) is 0 Å². The molecule has 1 unspecified atom stereocenters. The van der Waals surface area contributed by atoms with Gasteiger partial charge in [-0.15, -0.1) is 0 Å². The van der Waals surface area contributed by atoms with Crippen LogP contribution in [0.5, 0.6) is 0 Å². The number of aliphatic hydroxyl groups excluding tert-OH is 1. The highest BCUT2D eigenvalue weighted by atomic mass is 16.3. The average Bonchev–Trinajstić information content (AvgIpc) is 1.84. The van der Waals surface area contributed by atoms with Gasteiger partial charge in [-0.2, -0.15) is 5.26 Å². The standard InChI is InChI=1S/C5H10N2O/c1-5(3-8)7(2)4-6/h5,8H,3H2,1-2H3. The summed E-state index contributed by atoms with van der Waals surface area (Å²) in [7, 11) is 1.64. The van der Waals surface area contributed by atoms with Crippen LogP contribution in [0.4, 0.5) is 0 Å². The van der Waals surface area contributed by atoms with E-state index in [-0.39, 0.29) is 12.6 Å². The minimum atomic E-state index is -0.0556. The van der Waals surface area contributed by atoms with Crippen molar-refractivity contribution in [2.45, 2.75) is 13.0 Å². The monoisotopic (exact) mass is 114 g/mol. The lowest BCUT2D eigenvalue weighted by Crippen LogP contribution is -2.27. The second kappa shape index (κ2) is 3.28. The molecule has 0 aliphatic heterocycles. The molecule has 0 spiro atoms. The molecule has 3 nitrogen and oxygen atoms in total. The molecule has 3 heteroatoms. The summed E-state index contributed by atoms with van der Waals surface area (Å²) >= 11 is 0. The first kappa shape index (κ1) is 7.25. The van der Waals surface area contributed by atoms with Gasteiger partial charge in [-0.1, -0.05) is 0 Å². The Morgan fingerprint density at radius 3 is 2.50 bits per heavy atom. The predicted octanol–water partition coefficient (Wildman–Crippen LogP) is -0.220. The van der Waals surface area contributed by atoms with Crippen molar-refractivity contribution in [3.05, 3.63) is 0 Å². The Kier molecular flexibility index (Phi) is 2.97. The highest BCUT2D eigenvalue weighted by molar-refractivity contribution is 4.74. The lowest BCUT2D eigenvalue weighted by atomic mass is 10.3. The van der Waals surface area contributed by atoms with Crippen LogP contribution in [0, 0.1) is 11.5 Å². The molecule has 0 bridgehead atoms. The molecular formula is C5H10N2O. The van der Waals surface area contributed by atoms with E-state index in [1.807, 2.05) is 6.19 Å². The van der Waals surface area contributed by atoms with Crippen LogP contribution in [-0.2, 0) is 0 Å². The summed E-state index contributed by atoms with van der Waals surface area (Å²) in [5.41, 5.74) is 0. The molecule has 0 fully saturated rings. The minimum absolute atomic E-state index is 0.0318. The molecule has 0 heterocycles. The Hall–Kier alpha value is -0.750. The quantitative estimate of drug-likeness (QED) is 0.399. The first-order chi connectivity index (χ1) is 3.72. The van der Waals surface area contributed by atoms with E-state index in [4.69, 9.17) is 10.4 Å². The molecule has 0 saturated carbocycles. The Morgan fingerprint density at radius 1 is 1.88 bits per heavy atom. The molecular weight excluding hydrogens is 104 g/mol. The lowest BCUT2D eigenvalue weighted by Gasteiger charge is -2.14. The molecule has 46 valence electrons. The van der Waals surface area contributed by atoms with Crippen LogP contribution in [0.3, 0.4) is 0 Å². The number of rotatable bonds is 2. The van der Waals surface area contributed by atoms with Gasteiger partial charge in [0.25, 0.3) is 0 Å². The third-order valence-corrected chi connectivity index (χ3v) is 1.08. The number of hydrogen-bond donors (Lipinski definition) is 1. The maximum absolute atomic E-state index is 8.44. The van der Waals surface area contributed by atoms with Gasteiger partial charge in [0, 0.05) is 7.05 Å². The second-order valence-corrected chi connectivity index (χ2v) is 1.74. The second-order valence-electron chi connectivity index (χ2n) is 1.74. The zero-order valence-electron chi connectivity index (χ0n) is 5.13. The van der Waals surface area contributed by atoms with E-state index in [1.54, 1.807) is 14.0 Å². The summed E-state index contributed by atoms with van der Waals surface area (Å²) in [6.07, 6.45) is 1.89. The molecule has 1 atom stereocenters. The van der Waals surface area contributed by atoms with Crippen molar-refractivity contribution in [1.82, 2.24) is 4.90 Å². The molecule has 0 aliphatic rings. The number of aliphatic hydroxyl groups is 1. The molecule has 0 radical (unpaired) electrons. The Morgan fingerprint density at radius 2 is 2.38 bits per heavy atom. The summed E-state index contributed by atoms with van der Waals surface area (Å²) in [6, 6.07) is -0.0556. The number of likely N-dealkylation sites (N-methyl/N-ethyl adjacent to an activating group) is 1. The van der Waals surface area contributed by atoms with Crippen LogP contribution in [0.25, 0.3) is 0 Å². The van der Waals surface area contributed by atoms with Crippen molar-refractivity contribution in [2.75, 3.05) is 13.7 Å². The summed E-state index contributed by atoms with van der Waals surface area (Å²) in [6.45, 7) is 1.81. The molecule has 0 aromatic carbocycles. The molecule has 0 aliphatic carbocycles. The molecule has 0 amide bonds. The normalized spacial score (nSPS) is 12.2. The molecule has 1 N–H and O–H groups in total. The van der Waals surface area contributed by atoms with Gasteiger partial charge < -0.3 is 10.0 Å². The Bertz CT molecular complexity index is 97.1. The lowest BCUT2D eigenvalue weighted by molar-refractivity contribution is 0.201. The van der Waals surface area contributed by atoms with Crippen molar-refractivity contribution >= 4 is 0 Å². The number of nitrogens with zero attached hydrogens (tertiary/aromatic N) is 2. The average molecular weight is 114 g/mol. The predicted molar refractivity (Wildman–Crippen MR) is 29.9 cm³/mol. The fraction of sp³-hybridized carbons (Fsp3) is 0.800. The zero-order valence-corrected chi connectivity index (χ0v) is 5.13. The van der Waals surface area contributed by atoms with Crippen molar-refractivity contribution < 1.29 is 5.11 Å². The largest absolute Gasteiger partial charge is 0.394 e. The van der Waals surface area contributed by atoms with E-state index < -0.39 is 0 Å². The van der Waals surface area contributed by atoms with Gasteiger partial charge in [0.15, 0.2) is 6.19 Å². The fourth-order valence-corrected chi connectivity index (χ4v) is 0.221. The topological polar surface area (TPSA) is 47.3 Å². The maximum Gasteiger partial charge on any atom is 0.179 e. The van der Waals surface area contributed by atoms with Crippen LogP contribution in [0.15, 0.2) is 0 Å². The summed E-state index contributed by atoms with van der Waals surface area (Å²) < 4.78 is 0. The molecule has 8 heavy (non-hydrogen) atoms. The molecule has 0 aromatic rings. The van der Waals surface area contributed by atoms with Gasteiger partial charge in [-0.25, -0.2) is 0 Å². The fourth-order valence-electron chi connectivity index (χ4n) is 0.221. The Balaban J connectivity index is 3.49. The van der Waals surface area contributed by atoms with Gasteiger partial charge in [0.05, 0.1) is 12.6 Å². The first-order valence-electron chi connectivity index (χ1n) is 2.45. The highest BCUT2D eigenvalue weighted by Crippen LogP contribution is 1.88.